The smallest absolute Gasteiger partial charge is 0.246 e. The zero-order valence-corrected chi connectivity index (χ0v) is 14.2. The lowest BCUT2D eigenvalue weighted by molar-refractivity contribution is -0.146. The molecular weight excluding hydrogens is 328 g/mol. The molecule has 4 fully saturated rings. The first-order valence-electron chi connectivity index (χ1n) is 9.01. The molecule has 4 atom stereocenters. The third-order valence-corrected chi connectivity index (χ3v) is 6.19. The van der Waals surface area contributed by atoms with Gasteiger partial charge in [0.2, 0.25) is 5.91 Å². The van der Waals surface area contributed by atoms with Crippen LogP contribution in [0, 0.1) is 23.2 Å². The number of hydrazone groups is 1. The quantitative estimate of drug-likeness (QED) is 0.248. The number of aliphatic hydroxyl groups is 5. The van der Waals surface area contributed by atoms with Crippen LogP contribution in [0.15, 0.2) is 5.10 Å². The van der Waals surface area contributed by atoms with Crippen molar-refractivity contribution in [3.05, 3.63) is 0 Å². The van der Waals surface area contributed by atoms with Crippen LogP contribution in [0.25, 0.3) is 0 Å². The number of nitrogens with zero attached hydrogens (tertiary/aromatic N) is 1. The van der Waals surface area contributed by atoms with Crippen LogP contribution in [0.4, 0.5) is 0 Å². The lowest BCUT2D eigenvalue weighted by atomic mass is 9.49. The number of carbonyl (C=O) groups excluding carboxylic acids is 1. The van der Waals surface area contributed by atoms with Gasteiger partial charge < -0.3 is 25.5 Å². The number of aliphatic hydroxyl groups excluding tert-OH is 5. The first kappa shape index (κ1) is 18.7. The molecule has 4 bridgehead atoms. The van der Waals surface area contributed by atoms with E-state index in [1.807, 2.05) is 0 Å². The minimum atomic E-state index is -1.72. The molecule has 4 saturated carbocycles. The summed E-state index contributed by atoms with van der Waals surface area (Å²) in [6.45, 7) is -0.745. The Morgan fingerprint density at radius 2 is 1.56 bits per heavy atom. The fourth-order valence-corrected chi connectivity index (χ4v) is 5.31. The number of nitrogens with one attached hydrogen (secondary N) is 1. The van der Waals surface area contributed by atoms with Crippen molar-refractivity contribution in [2.24, 2.45) is 28.3 Å². The first-order chi connectivity index (χ1) is 11.8. The fraction of sp³-hybridized carbons (Fsp3) is 0.882. The average molecular weight is 356 g/mol. The van der Waals surface area contributed by atoms with E-state index in [1.54, 1.807) is 0 Å². The van der Waals surface area contributed by atoms with Gasteiger partial charge in [0, 0.05) is 0 Å². The van der Waals surface area contributed by atoms with Gasteiger partial charge in [-0.1, -0.05) is 0 Å². The largest absolute Gasteiger partial charge is 0.394 e. The van der Waals surface area contributed by atoms with E-state index >= 15 is 0 Å². The fourth-order valence-electron chi connectivity index (χ4n) is 5.31. The van der Waals surface area contributed by atoms with E-state index in [9.17, 15) is 25.2 Å². The molecular formula is C17H28N2O6. The third-order valence-electron chi connectivity index (χ3n) is 6.19. The van der Waals surface area contributed by atoms with Crippen LogP contribution in [0.3, 0.4) is 0 Å². The molecule has 0 aliphatic heterocycles. The number of amides is 1. The summed E-state index contributed by atoms with van der Waals surface area (Å²) in [4.78, 5) is 12.6. The molecule has 4 rings (SSSR count). The predicted octanol–water partition coefficient (Wildman–Crippen LogP) is -1.26. The standard InChI is InChI=1S/C17H28N2O6/c20-8-13(22)15(24)14(23)12(21)7-18-19-16(25)17-4-9-1-10(5-17)3-11(2-9)6-17/h7,9-15,20-24H,1-6,8H2,(H,19,25)/b18-7-/t9?,10?,11?,12-,13+,14+,15+,17?/m1/s1. The SMILES string of the molecule is O=C(N/N=C\[C@@H](O)[C@H](O)[C@@H](O)[C@@H](O)CO)C12CC3CC(CC(C3)C1)C2. The molecule has 4 aliphatic carbocycles. The van der Waals surface area contributed by atoms with E-state index in [4.69, 9.17) is 5.11 Å². The Morgan fingerprint density at radius 3 is 2.04 bits per heavy atom. The molecule has 0 spiro atoms. The second-order valence-electron chi connectivity index (χ2n) is 8.14. The number of carbonyl (C=O) groups is 1. The topological polar surface area (TPSA) is 143 Å². The second-order valence-corrected chi connectivity index (χ2v) is 8.14. The summed E-state index contributed by atoms with van der Waals surface area (Å²) < 4.78 is 0. The highest BCUT2D eigenvalue weighted by molar-refractivity contribution is 5.83. The van der Waals surface area contributed by atoms with E-state index in [1.165, 1.54) is 19.3 Å². The van der Waals surface area contributed by atoms with Crippen molar-refractivity contribution in [3.8, 4) is 0 Å². The van der Waals surface area contributed by atoms with Gasteiger partial charge in [-0.15, -0.1) is 0 Å². The summed E-state index contributed by atoms with van der Waals surface area (Å²) in [5.74, 6) is 1.75. The average Bonchev–Trinajstić information content (AvgIpc) is 2.58. The van der Waals surface area contributed by atoms with E-state index in [-0.39, 0.29) is 11.3 Å². The van der Waals surface area contributed by atoms with Gasteiger partial charge in [-0.2, -0.15) is 5.10 Å². The zero-order chi connectivity index (χ0) is 18.2. The predicted molar refractivity (Wildman–Crippen MR) is 88.4 cm³/mol. The van der Waals surface area contributed by atoms with Crippen LogP contribution in [-0.4, -0.2) is 68.7 Å². The normalized spacial score (nSPS) is 38.5. The number of hydrogen-bond acceptors (Lipinski definition) is 7. The van der Waals surface area contributed by atoms with Gasteiger partial charge in [-0.3, -0.25) is 4.79 Å². The van der Waals surface area contributed by atoms with Crippen molar-refractivity contribution in [2.75, 3.05) is 6.61 Å². The molecule has 25 heavy (non-hydrogen) atoms. The van der Waals surface area contributed by atoms with E-state index in [0.29, 0.717) is 17.8 Å². The number of rotatable bonds is 7. The Hall–Kier alpha value is -1.06. The van der Waals surface area contributed by atoms with Crippen LogP contribution in [0.2, 0.25) is 0 Å². The molecule has 6 N–H and O–H groups in total. The summed E-state index contributed by atoms with van der Waals surface area (Å²) in [6.07, 6.45) is 0.715. The van der Waals surface area contributed by atoms with Crippen LogP contribution < -0.4 is 5.43 Å². The molecule has 1 amide bonds. The monoisotopic (exact) mass is 356 g/mol. The van der Waals surface area contributed by atoms with Gasteiger partial charge in [-0.25, -0.2) is 5.43 Å². The molecule has 0 aromatic carbocycles. The molecule has 0 unspecified atom stereocenters. The maximum absolute atomic E-state index is 12.6. The van der Waals surface area contributed by atoms with Crippen LogP contribution in [0.5, 0.6) is 0 Å². The molecule has 0 heterocycles. The summed E-state index contributed by atoms with van der Waals surface area (Å²) >= 11 is 0. The van der Waals surface area contributed by atoms with E-state index in [2.05, 4.69) is 10.5 Å². The van der Waals surface area contributed by atoms with Crippen LogP contribution in [-0.2, 0) is 4.79 Å². The summed E-state index contributed by atoms with van der Waals surface area (Å²) in [6, 6.07) is 0. The zero-order valence-electron chi connectivity index (χ0n) is 14.2. The Labute approximate surface area is 146 Å². The minimum absolute atomic E-state index is 0.138. The highest BCUT2D eigenvalue weighted by Gasteiger charge is 2.54. The first-order valence-corrected chi connectivity index (χ1v) is 9.01. The van der Waals surface area contributed by atoms with Crippen LogP contribution in [0.1, 0.15) is 38.5 Å². The van der Waals surface area contributed by atoms with Crippen molar-refractivity contribution in [1.29, 1.82) is 0 Å². The maximum atomic E-state index is 12.6. The van der Waals surface area contributed by atoms with Crippen molar-refractivity contribution < 1.29 is 30.3 Å². The highest BCUT2D eigenvalue weighted by atomic mass is 16.4. The van der Waals surface area contributed by atoms with E-state index < -0.39 is 31.0 Å². The molecule has 0 radical (unpaired) electrons. The minimum Gasteiger partial charge on any atom is -0.394 e. The van der Waals surface area contributed by atoms with Gasteiger partial charge >= 0.3 is 0 Å². The number of hydrogen-bond donors (Lipinski definition) is 6. The van der Waals surface area contributed by atoms with Crippen molar-refractivity contribution >= 4 is 12.1 Å². The molecule has 4 aliphatic rings. The third kappa shape index (κ3) is 3.73. The molecule has 0 aromatic heterocycles. The van der Waals surface area contributed by atoms with Gasteiger partial charge in [0.15, 0.2) is 0 Å². The molecule has 0 aromatic rings. The Kier molecular flexibility index (Phi) is 5.45. The summed E-state index contributed by atoms with van der Waals surface area (Å²) in [5, 5.41) is 50.8. The Morgan fingerprint density at radius 1 is 1.04 bits per heavy atom. The van der Waals surface area contributed by atoms with Gasteiger partial charge in [0.25, 0.3) is 0 Å². The molecule has 8 heteroatoms. The molecule has 142 valence electrons. The second kappa shape index (κ2) is 7.28. The highest BCUT2D eigenvalue weighted by Crippen LogP contribution is 2.60. The van der Waals surface area contributed by atoms with E-state index in [0.717, 1.165) is 25.5 Å². The maximum Gasteiger partial charge on any atom is 0.246 e. The lowest BCUT2D eigenvalue weighted by Crippen LogP contribution is -2.53. The van der Waals surface area contributed by atoms with Crippen molar-refractivity contribution in [3.63, 3.8) is 0 Å². The lowest BCUT2D eigenvalue weighted by Gasteiger charge is -2.55. The molecule has 8 nitrogen and oxygen atoms in total. The van der Waals surface area contributed by atoms with Crippen molar-refractivity contribution in [2.45, 2.75) is 62.9 Å². The summed E-state index contributed by atoms with van der Waals surface area (Å²) in [5.41, 5.74) is 2.11. The van der Waals surface area contributed by atoms with Gasteiger partial charge in [-0.05, 0) is 56.3 Å². The Bertz CT molecular complexity index is 490. The van der Waals surface area contributed by atoms with Gasteiger partial charge in [0.05, 0.1) is 18.2 Å². The Balaban J connectivity index is 1.54. The van der Waals surface area contributed by atoms with Crippen LogP contribution >= 0.6 is 0 Å². The molecule has 0 saturated heterocycles. The summed E-state index contributed by atoms with van der Waals surface area (Å²) in [7, 11) is 0. The van der Waals surface area contributed by atoms with Crippen molar-refractivity contribution in [1.82, 2.24) is 5.43 Å². The van der Waals surface area contributed by atoms with Gasteiger partial charge in [0.1, 0.15) is 24.4 Å².